The number of anilines is 1. The summed E-state index contributed by atoms with van der Waals surface area (Å²) in [5.41, 5.74) is 3.14. The van der Waals surface area contributed by atoms with Gasteiger partial charge in [0, 0.05) is 22.6 Å². The van der Waals surface area contributed by atoms with E-state index in [4.69, 9.17) is 4.98 Å². The van der Waals surface area contributed by atoms with Crippen molar-refractivity contribution in [3.63, 3.8) is 0 Å². The van der Waals surface area contributed by atoms with Gasteiger partial charge in [0.1, 0.15) is 5.82 Å². The minimum atomic E-state index is -0.409. The van der Waals surface area contributed by atoms with Crippen LogP contribution in [0.4, 0.5) is 5.69 Å². The second-order valence-corrected chi connectivity index (χ2v) is 9.20. The first-order valence-corrected chi connectivity index (χ1v) is 11.4. The van der Waals surface area contributed by atoms with Crippen LogP contribution in [0.5, 0.6) is 0 Å². The summed E-state index contributed by atoms with van der Waals surface area (Å²) >= 11 is 3.55. The summed E-state index contributed by atoms with van der Waals surface area (Å²) in [5, 5.41) is 0.560. The zero-order valence-corrected chi connectivity index (χ0v) is 19.4. The lowest BCUT2D eigenvalue weighted by atomic mass is 9.96. The van der Waals surface area contributed by atoms with Gasteiger partial charge in [-0.1, -0.05) is 46.3 Å². The number of carbonyl (C=O) groups is 1. The van der Waals surface area contributed by atoms with Crippen LogP contribution in [0.1, 0.15) is 31.2 Å². The fraction of sp³-hybridized carbons (Fsp3) is 0.192. The first-order chi connectivity index (χ1) is 15.5. The van der Waals surface area contributed by atoms with Crippen LogP contribution in [0.2, 0.25) is 0 Å². The fourth-order valence-corrected chi connectivity index (χ4v) is 4.89. The highest BCUT2D eigenvalue weighted by molar-refractivity contribution is 9.10. The minimum absolute atomic E-state index is 0.0355. The number of fused-ring (bicyclic) bond motifs is 2. The van der Waals surface area contributed by atoms with E-state index in [0.717, 1.165) is 21.4 Å². The van der Waals surface area contributed by atoms with E-state index in [2.05, 4.69) is 15.9 Å². The molecule has 5 rings (SSSR count). The molecule has 1 unspecified atom stereocenters. The highest BCUT2D eigenvalue weighted by Gasteiger charge is 2.39. The molecule has 0 fully saturated rings. The van der Waals surface area contributed by atoms with Gasteiger partial charge in [0.25, 0.3) is 5.56 Å². The minimum Gasteiger partial charge on any atom is -0.309 e. The number of amides is 1. The summed E-state index contributed by atoms with van der Waals surface area (Å²) < 4.78 is 2.57. The van der Waals surface area contributed by atoms with Gasteiger partial charge >= 0.3 is 0 Å². The lowest BCUT2D eigenvalue weighted by molar-refractivity contribution is -0.119. The van der Waals surface area contributed by atoms with E-state index in [1.165, 1.54) is 0 Å². The molecule has 0 saturated heterocycles. The van der Waals surface area contributed by atoms with E-state index >= 15 is 0 Å². The molecule has 3 aromatic carbocycles. The van der Waals surface area contributed by atoms with E-state index < -0.39 is 5.92 Å². The van der Waals surface area contributed by atoms with Crippen LogP contribution in [0.3, 0.4) is 0 Å². The number of halogens is 1. The molecule has 5 nitrogen and oxygen atoms in total. The van der Waals surface area contributed by atoms with Crippen LogP contribution in [0.25, 0.3) is 16.6 Å². The normalized spacial score (nSPS) is 15.6. The van der Waals surface area contributed by atoms with Gasteiger partial charge in [0.15, 0.2) is 0 Å². The SMILES string of the molecule is CC(C)N1C(=O)C(Cc2nc3ccccc3c(=O)n2-c2ccccc2)c2cc(Br)ccc21. The maximum Gasteiger partial charge on any atom is 0.265 e. The molecule has 0 N–H and O–H groups in total. The summed E-state index contributed by atoms with van der Waals surface area (Å²) in [7, 11) is 0. The summed E-state index contributed by atoms with van der Waals surface area (Å²) in [6, 6.07) is 22.8. The van der Waals surface area contributed by atoms with Crippen molar-refractivity contribution in [2.75, 3.05) is 4.90 Å². The zero-order chi connectivity index (χ0) is 22.4. The van der Waals surface area contributed by atoms with Crippen molar-refractivity contribution in [2.24, 2.45) is 0 Å². The average Bonchev–Trinajstić information content (AvgIpc) is 3.05. The Labute approximate surface area is 194 Å². The average molecular weight is 488 g/mol. The first kappa shape index (κ1) is 20.6. The van der Waals surface area contributed by atoms with Crippen LogP contribution in [-0.2, 0) is 11.2 Å². The second-order valence-electron chi connectivity index (χ2n) is 8.28. The monoisotopic (exact) mass is 487 g/mol. The highest BCUT2D eigenvalue weighted by atomic mass is 79.9. The van der Waals surface area contributed by atoms with Gasteiger partial charge in [-0.25, -0.2) is 4.98 Å². The Morgan fingerprint density at radius 2 is 1.69 bits per heavy atom. The number of hydrogen-bond acceptors (Lipinski definition) is 3. The van der Waals surface area contributed by atoms with Gasteiger partial charge in [0.05, 0.1) is 22.5 Å². The largest absolute Gasteiger partial charge is 0.309 e. The molecule has 6 heteroatoms. The molecule has 2 heterocycles. The summed E-state index contributed by atoms with van der Waals surface area (Å²) in [4.78, 5) is 33.7. The molecule has 1 aliphatic heterocycles. The third-order valence-electron chi connectivity index (χ3n) is 5.92. The third-order valence-corrected chi connectivity index (χ3v) is 6.42. The molecule has 1 atom stereocenters. The molecule has 0 spiro atoms. The molecule has 32 heavy (non-hydrogen) atoms. The predicted molar refractivity (Wildman–Crippen MR) is 131 cm³/mol. The van der Waals surface area contributed by atoms with Crippen molar-refractivity contribution in [3.05, 3.63) is 99.0 Å². The number of carbonyl (C=O) groups excluding carboxylic acids is 1. The smallest absolute Gasteiger partial charge is 0.265 e. The van der Waals surface area contributed by atoms with Crippen LogP contribution in [-0.4, -0.2) is 21.5 Å². The van der Waals surface area contributed by atoms with Gasteiger partial charge in [-0.3, -0.25) is 14.2 Å². The lowest BCUT2D eigenvalue weighted by Crippen LogP contribution is -2.36. The van der Waals surface area contributed by atoms with Crippen molar-refractivity contribution < 1.29 is 4.79 Å². The Morgan fingerprint density at radius 3 is 2.44 bits per heavy atom. The van der Waals surface area contributed by atoms with E-state index in [0.29, 0.717) is 23.1 Å². The van der Waals surface area contributed by atoms with Crippen LogP contribution in [0, 0.1) is 0 Å². The van der Waals surface area contributed by atoms with Gasteiger partial charge in [-0.05, 0) is 61.9 Å². The highest BCUT2D eigenvalue weighted by Crippen LogP contribution is 2.41. The number of para-hydroxylation sites is 2. The van der Waals surface area contributed by atoms with Crippen molar-refractivity contribution >= 4 is 38.4 Å². The number of aromatic nitrogens is 2. The zero-order valence-electron chi connectivity index (χ0n) is 17.8. The van der Waals surface area contributed by atoms with Crippen LogP contribution in [0.15, 0.2) is 82.1 Å². The molecule has 160 valence electrons. The number of nitrogens with zero attached hydrogens (tertiary/aromatic N) is 3. The van der Waals surface area contributed by atoms with Crippen molar-refractivity contribution in [2.45, 2.75) is 32.2 Å². The molecule has 0 aliphatic carbocycles. The Bertz CT molecular complexity index is 1400. The Kier molecular flexibility index (Phi) is 5.18. The molecule has 0 saturated carbocycles. The van der Waals surface area contributed by atoms with E-state index in [9.17, 15) is 9.59 Å². The maximum absolute atomic E-state index is 13.5. The Morgan fingerprint density at radius 1 is 0.969 bits per heavy atom. The topological polar surface area (TPSA) is 55.2 Å². The van der Waals surface area contributed by atoms with Crippen molar-refractivity contribution in [3.8, 4) is 5.69 Å². The van der Waals surface area contributed by atoms with Crippen molar-refractivity contribution in [1.29, 1.82) is 0 Å². The predicted octanol–water partition coefficient (Wildman–Crippen LogP) is 5.23. The standard InChI is InChI=1S/C26H22BrN3O2/c1-16(2)29-23-13-12-17(27)14-20(23)21(26(29)32)15-24-28-22-11-7-6-10-19(22)25(31)30(24)18-8-4-3-5-9-18/h3-14,16,21H,15H2,1-2H3. The van der Waals surface area contributed by atoms with Gasteiger partial charge in [-0.2, -0.15) is 0 Å². The molecule has 1 aliphatic rings. The fourth-order valence-electron chi connectivity index (χ4n) is 4.51. The number of rotatable bonds is 4. The van der Waals surface area contributed by atoms with Gasteiger partial charge in [0.2, 0.25) is 5.91 Å². The van der Waals surface area contributed by atoms with Crippen LogP contribution < -0.4 is 10.5 Å². The third kappa shape index (κ3) is 3.35. The Hall–Kier alpha value is -3.25. The summed E-state index contributed by atoms with van der Waals surface area (Å²) in [5.74, 6) is 0.206. The van der Waals surface area contributed by atoms with E-state index in [1.54, 1.807) is 10.6 Å². The summed E-state index contributed by atoms with van der Waals surface area (Å²) in [6.07, 6.45) is 0.334. The lowest BCUT2D eigenvalue weighted by Gasteiger charge is -2.22. The maximum atomic E-state index is 13.5. The quantitative estimate of drug-likeness (QED) is 0.396. The molecule has 1 aromatic heterocycles. The van der Waals surface area contributed by atoms with E-state index in [1.807, 2.05) is 85.5 Å². The summed E-state index contributed by atoms with van der Waals surface area (Å²) in [6.45, 7) is 4.03. The van der Waals surface area contributed by atoms with Gasteiger partial charge in [-0.15, -0.1) is 0 Å². The van der Waals surface area contributed by atoms with Crippen molar-refractivity contribution in [1.82, 2.24) is 9.55 Å². The first-order valence-electron chi connectivity index (χ1n) is 10.6. The molecule has 1 amide bonds. The van der Waals surface area contributed by atoms with Gasteiger partial charge < -0.3 is 4.90 Å². The number of hydrogen-bond donors (Lipinski definition) is 0. The molecular weight excluding hydrogens is 466 g/mol. The molecule has 0 radical (unpaired) electrons. The molecule has 0 bridgehead atoms. The second kappa shape index (κ2) is 8.02. The Balaban J connectivity index is 1.70. The molecular formula is C26H22BrN3O2. The van der Waals surface area contributed by atoms with Crippen LogP contribution >= 0.6 is 15.9 Å². The molecule has 4 aromatic rings. The van der Waals surface area contributed by atoms with E-state index in [-0.39, 0.29) is 17.5 Å². The number of benzene rings is 3.